The molecule has 0 radical (unpaired) electrons. The van der Waals surface area contributed by atoms with Gasteiger partial charge in [0.05, 0.1) is 23.8 Å². The summed E-state index contributed by atoms with van der Waals surface area (Å²) in [5.74, 6) is 0. The number of urea groups is 1. The van der Waals surface area contributed by atoms with Gasteiger partial charge in [0, 0.05) is 16.9 Å². The highest BCUT2D eigenvalue weighted by Gasteiger charge is 2.15. The molecule has 0 fully saturated rings. The largest absolute Gasteiger partial charge is 0.332 e. The Balaban J connectivity index is 1.96. The van der Waals surface area contributed by atoms with E-state index in [0.717, 1.165) is 11.3 Å². The van der Waals surface area contributed by atoms with E-state index in [0.29, 0.717) is 18.1 Å². The van der Waals surface area contributed by atoms with Gasteiger partial charge in [0.1, 0.15) is 0 Å². The lowest BCUT2D eigenvalue weighted by atomic mass is 10.1. The summed E-state index contributed by atoms with van der Waals surface area (Å²) in [4.78, 5) is 18.2. The lowest BCUT2D eigenvalue weighted by Gasteiger charge is -2.23. The number of nitrogens with one attached hydrogen (secondary N) is 2. The molecule has 0 saturated heterocycles. The van der Waals surface area contributed by atoms with Crippen LogP contribution in [0.25, 0.3) is 0 Å². The third kappa shape index (κ3) is 5.29. The molecule has 22 heavy (non-hydrogen) atoms. The SMILES string of the molecule is CN(C)C[C@@H](NC(=O)NCc1cscn1)c1ccc(Cl)cc1. The predicted molar refractivity (Wildman–Crippen MR) is 90.2 cm³/mol. The molecule has 1 atom stereocenters. The van der Waals surface area contributed by atoms with E-state index in [1.165, 1.54) is 11.3 Å². The number of likely N-dealkylation sites (N-methyl/N-ethyl adjacent to an activating group) is 1. The third-order valence-corrected chi connectivity index (χ3v) is 3.93. The van der Waals surface area contributed by atoms with Gasteiger partial charge in [0.2, 0.25) is 0 Å². The van der Waals surface area contributed by atoms with Crippen LogP contribution in [0.2, 0.25) is 5.02 Å². The highest BCUT2D eigenvalue weighted by molar-refractivity contribution is 7.07. The number of thiazole rings is 1. The van der Waals surface area contributed by atoms with E-state index in [1.54, 1.807) is 5.51 Å². The molecule has 0 aliphatic rings. The van der Waals surface area contributed by atoms with Gasteiger partial charge in [-0.3, -0.25) is 0 Å². The van der Waals surface area contributed by atoms with Crippen molar-refractivity contribution in [1.29, 1.82) is 0 Å². The van der Waals surface area contributed by atoms with Crippen LogP contribution in [-0.2, 0) is 6.54 Å². The van der Waals surface area contributed by atoms with Crippen molar-refractivity contribution < 1.29 is 4.79 Å². The van der Waals surface area contributed by atoms with E-state index in [-0.39, 0.29) is 12.1 Å². The first kappa shape index (κ1) is 16.7. The van der Waals surface area contributed by atoms with Crippen molar-refractivity contribution in [3.8, 4) is 0 Å². The maximum absolute atomic E-state index is 12.1. The van der Waals surface area contributed by atoms with Crippen LogP contribution in [0.5, 0.6) is 0 Å². The van der Waals surface area contributed by atoms with E-state index in [9.17, 15) is 4.79 Å². The molecule has 0 aliphatic heterocycles. The molecule has 2 aromatic rings. The number of nitrogens with zero attached hydrogens (tertiary/aromatic N) is 2. The standard InChI is InChI=1S/C15H19ClN4OS/c1-20(2)8-14(11-3-5-12(16)6-4-11)19-15(21)17-7-13-9-22-10-18-13/h3-6,9-10,14H,7-8H2,1-2H3,(H2,17,19,21)/t14-/m1/s1. The minimum absolute atomic E-state index is 0.109. The van der Waals surface area contributed by atoms with Crippen molar-refractivity contribution >= 4 is 29.0 Å². The number of amides is 2. The number of halogens is 1. The zero-order valence-corrected chi connectivity index (χ0v) is 14.1. The molecular weight excluding hydrogens is 320 g/mol. The molecule has 5 nitrogen and oxygen atoms in total. The van der Waals surface area contributed by atoms with Crippen molar-refractivity contribution in [1.82, 2.24) is 20.5 Å². The van der Waals surface area contributed by atoms with Gasteiger partial charge in [-0.25, -0.2) is 9.78 Å². The summed E-state index contributed by atoms with van der Waals surface area (Å²) in [5.41, 5.74) is 3.62. The maximum atomic E-state index is 12.1. The number of benzene rings is 1. The molecule has 2 N–H and O–H groups in total. The monoisotopic (exact) mass is 338 g/mol. The van der Waals surface area contributed by atoms with Gasteiger partial charge in [-0.1, -0.05) is 23.7 Å². The van der Waals surface area contributed by atoms with Crippen LogP contribution in [0.15, 0.2) is 35.2 Å². The first-order chi connectivity index (χ1) is 10.5. The Morgan fingerprint density at radius 1 is 1.36 bits per heavy atom. The van der Waals surface area contributed by atoms with Crippen LogP contribution < -0.4 is 10.6 Å². The number of aromatic nitrogens is 1. The summed E-state index contributed by atoms with van der Waals surface area (Å²) in [5, 5.41) is 8.40. The maximum Gasteiger partial charge on any atom is 0.315 e. The molecular formula is C15H19ClN4OS. The lowest BCUT2D eigenvalue weighted by molar-refractivity contribution is 0.232. The van der Waals surface area contributed by atoms with E-state index in [1.807, 2.05) is 48.6 Å². The molecule has 0 bridgehead atoms. The number of carbonyl (C=O) groups is 1. The molecule has 118 valence electrons. The average molecular weight is 339 g/mol. The molecule has 0 saturated carbocycles. The molecule has 2 rings (SSSR count). The second-order valence-electron chi connectivity index (χ2n) is 5.17. The molecule has 0 unspecified atom stereocenters. The summed E-state index contributed by atoms with van der Waals surface area (Å²) < 4.78 is 0. The first-order valence-corrected chi connectivity index (χ1v) is 8.18. The van der Waals surface area contributed by atoms with Crippen molar-refractivity contribution in [3.05, 3.63) is 51.4 Å². The number of hydrogen-bond donors (Lipinski definition) is 2. The van der Waals surface area contributed by atoms with Gasteiger partial charge in [-0.05, 0) is 31.8 Å². The van der Waals surface area contributed by atoms with Crippen molar-refractivity contribution in [2.45, 2.75) is 12.6 Å². The first-order valence-electron chi connectivity index (χ1n) is 6.86. The van der Waals surface area contributed by atoms with Gasteiger partial charge >= 0.3 is 6.03 Å². The fraction of sp³-hybridized carbons (Fsp3) is 0.333. The van der Waals surface area contributed by atoms with Crippen LogP contribution in [0, 0.1) is 0 Å². The van der Waals surface area contributed by atoms with Gasteiger partial charge in [-0.2, -0.15) is 0 Å². The summed E-state index contributed by atoms with van der Waals surface area (Å²) in [6, 6.07) is 7.19. The van der Waals surface area contributed by atoms with E-state index in [2.05, 4.69) is 15.6 Å². The lowest BCUT2D eigenvalue weighted by Crippen LogP contribution is -2.41. The van der Waals surface area contributed by atoms with Gasteiger partial charge in [-0.15, -0.1) is 11.3 Å². The van der Waals surface area contributed by atoms with Crippen LogP contribution in [0.4, 0.5) is 4.79 Å². The molecule has 1 heterocycles. The Kier molecular flexibility index (Phi) is 6.18. The minimum Gasteiger partial charge on any atom is -0.332 e. The molecule has 0 spiro atoms. The van der Waals surface area contributed by atoms with Crippen LogP contribution in [-0.4, -0.2) is 36.6 Å². The van der Waals surface area contributed by atoms with E-state index in [4.69, 9.17) is 11.6 Å². The molecule has 2 amide bonds. The molecule has 0 aliphatic carbocycles. The Labute approximate surface area is 139 Å². The van der Waals surface area contributed by atoms with Crippen molar-refractivity contribution in [2.24, 2.45) is 0 Å². The van der Waals surface area contributed by atoms with Crippen LogP contribution in [0.3, 0.4) is 0 Å². The summed E-state index contributed by atoms with van der Waals surface area (Å²) in [7, 11) is 3.94. The zero-order chi connectivity index (χ0) is 15.9. The highest BCUT2D eigenvalue weighted by atomic mass is 35.5. The van der Waals surface area contributed by atoms with Gasteiger partial charge in [0.15, 0.2) is 0 Å². The normalized spacial score (nSPS) is 12.2. The summed E-state index contributed by atoms with van der Waals surface area (Å²) in [6.07, 6.45) is 0. The molecule has 1 aromatic carbocycles. The number of carbonyl (C=O) groups excluding carboxylic acids is 1. The second kappa shape index (κ2) is 8.12. The average Bonchev–Trinajstić information content (AvgIpc) is 2.98. The Morgan fingerprint density at radius 2 is 2.09 bits per heavy atom. The Hall–Kier alpha value is -1.63. The van der Waals surface area contributed by atoms with Gasteiger partial charge in [0.25, 0.3) is 0 Å². The van der Waals surface area contributed by atoms with Crippen molar-refractivity contribution in [3.63, 3.8) is 0 Å². The van der Waals surface area contributed by atoms with E-state index >= 15 is 0 Å². The number of hydrogen-bond acceptors (Lipinski definition) is 4. The summed E-state index contributed by atoms with van der Waals surface area (Å²) >= 11 is 7.43. The molecule has 1 aromatic heterocycles. The summed E-state index contributed by atoms with van der Waals surface area (Å²) in [6.45, 7) is 1.12. The smallest absolute Gasteiger partial charge is 0.315 e. The fourth-order valence-corrected chi connectivity index (χ4v) is 2.68. The predicted octanol–water partition coefficient (Wildman–Crippen LogP) is 2.90. The van der Waals surface area contributed by atoms with Crippen LogP contribution >= 0.6 is 22.9 Å². The third-order valence-electron chi connectivity index (χ3n) is 3.04. The topological polar surface area (TPSA) is 57.3 Å². The Bertz CT molecular complexity index is 586. The Morgan fingerprint density at radius 3 is 2.68 bits per heavy atom. The van der Waals surface area contributed by atoms with E-state index < -0.39 is 0 Å². The van der Waals surface area contributed by atoms with Crippen LogP contribution in [0.1, 0.15) is 17.3 Å². The minimum atomic E-state index is -0.213. The molecule has 7 heteroatoms. The quantitative estimate of drug-likeness (QED) is 0.851. The zero-order valence-electron chi connectivity index (χ0n) is 12.5. The van der Waals surface area contributed by atoms with Crippen molar-refractivity contribution in [2.75, 3.05) is 20.6 Å². The van der Waals surface area contributed by atoms with Gasteiger partial charge < -0.3 is 15.5 Å². The highest BCUT2D eigenvalue weighted by Crippen LogP contribution is 2.17. The second-order valence-corrected chi connectivity index (χ2v) is 6.33. The fourth-order valence-electron chi connectivity index (χ4n) is 2.00. The number of rotatable bonds is 6.